The monoisotopic (exact) mass is 528 g/mol. The highest BCUT2D eigenvalue weighted by Gasteiger charge is 2.18. The van der Waals surface area contributed by atoms with Gasteiger partial charge in [0.15, 0.2) is 17.5 Å². The average molecular weight is 528 g/mol. The number of morpholine rings is 1. The number of likely N-dealkylation sites (N-methyl/N-ethyl adjacent to an activating group) is 1. The van der Waals surface area contributed by atoms with Crippen molar-refractivity contribution >= 4 is 29.9 Å². The largest absolute Gasteiger partial charge is 0.490 e. The smallest absolute Gasteiger partial charge is 0.387 e. The second-order valence-corrected chi connectivity index (χ2v) is 6.39. The van der Waals surface area contributed by atoms with Gasteiger partial charge in [-0.05, 0) is 27.0 Å². The first-order valence-electron chi connectivity index (χ1n) is 9.55. The number of aliphatic imine (C=N–C) groups is 1. The van der Waals surface area contributed by atoms with Crippen LogP contribution >= 0.6 is 24.0 Å². The standard InChI is InChI=1S/C19H30F2N4O3.HI/c1-4-22-19(24-12-15-13-25(3)9-10-27-15)23-11-14-7-6-8-16(26-5-2)17(14)28-18(20)21;/h6-8,15,18H,4-5,9-13H2,1-3H3,(H2,22,23,24);1H. The van der Waals surface area contributed by atoms with Crippen LogP contribution in [0.25, 0.3) is 0 Å². The molecule has 0 radical (unpaired) electrons. The molecule has 1 fully saturated rings. The highest BCUT2D eigenvalue weighted by atomic mass is 127. The van der Waals surface area contributed by atoms with Crippen molar-refractivity contribution in [1.82, 2.24) is 15.5 Å². The van der Waals surface area contributed by atoms with Crippen LogP contribution in [0.15, 0.2) is 23.2 Å². The molecule has 1 aromatic rings. The van der Waals surface area contributed by atoms with Gasteiger partial charge in [0.05, 0.1) is 25.9 Å². The fraction of sp³-hybridized carbons (Fsp3) is 0.632. The van der Waals surface area contributed by atoms with E-state index in [9.17, 15) is 8.78 Å². The summed E-state index contributed by atoms with van der Waals surface area (Å²) in [7, 11) is 2.06. The van der Waals surface area contributed by atoms with Gasteiger partial charge in [-0.3, -0.25) is 0 Å². The van der Waals surface area contributed by atoms with Gasteiger partial charge < -0.3 is 29.7 Å². The number of nitrogens with one attached hydrogen (secondary N) is 2. The van der Waals surface area contributed by atoms with Crippen molar-refractivity contribution < 1.29 is 23.0 Å². The molecule has 1 aromatic carbocycles. The molecule has 0 spiro atoms. The molecule has 2 rings (SSSR count). The molecule has 1 heterocycles. The van der Waals surface area contributed by atoms with Crippen LogP contribution < -0.4 is 20.1 Å². The molecule has 7 nitrogen and oxygen atoms in total. The van der Waals surface area contributed by atoms with E-state index in [1.165, 1.54) is 0 Å². The molecule has 1 saturated heterocycles. The Bertz CT molecular complexity index is 637. The van der Waals surface area contributed by atoms with Gasteiger partial charge >= 0.3 is 6.61 Å². The van der Waals surface area contributed by atoms with E-state index in [4.69, 9.17) is 14.2 Å². The zero-order valence-corrected chi connectivity index (χ0v) is 19.5. The van der Waals surface area contributed by atoms with Crippen molar-refractivity contribution in [1.29, 1.82) is 0 Å². The molecule has 2 N–H and O–H groups in total. The Morgan fingerprint density at radius 2 is 2.14 bits per heavy atom. The first-order valence-corrected chi connectivity index (χ1v) is 9.55. The third-order valence-corrected chi connectivity index (χ3v) is 4.16. The van der Waals surface area contributed by atoms with Crippen molar-refractivity contribution in [3.05, 3.63) is 23.8 Å². The van der Waals surface area contributed by atoms with E-state index in [2.05, 4.69) is 27.6 Å². The van der Waals surface area contributed by atoms with Crippen LogP contribution in [0.1, 0.15) is 19.4 Å². The van der Waals surface area contributed by atoms with Gasteiger partial charge in [0.25, 0.3) is 0 Å². The zero-order chi connectivity index (χ0) is 20.4. The van der Waals surface area contributed by atoms with Crippen molar-refractivity contribution in [2.24, 2.45) is 4.99 Å². The Kier molecular flexibility index (Phi) is 12.2. The van der Waals surface area contributed by atoms with Gasteiger partial charge in [0.2, 0.25) is 0 Å². The quantitative estimate of drug-likeness (QED) is 0.292. The lowest BCUT2D eigenvalue weighted by Crippen LogP contribution is -2.48. The molecule has 1 aliphatic heterocycles. The second kappa shape index (κ2) is 13.8. The van der Waals surface area contributed by atoms with Crippen molar-refractivity contribution in [3.63, 3.8) is 0 Å². The minimum Gasteiger partial charge on any atom is -0.490 e. The predicted molar refractivity (Wildman–Crippen MR) is 120 cm³/mol. The summed E-state index contributed by atoms with van der Waals surface area (Å²) in [6.45, 7) is 5.09. The van der Waals surface area contributed by atoms with Gasteiger partial charge in [-0.2, -0.15) is 8.78 Å². The Balaban J connectivity index is 0.00000420. The molecule has 1 atom stereocenters. The van der Waals surface area contributed by atoms with E-state index in [0.29, 0.717) is 37.8 Å². The Morgan fingerprint density at radius 3 is 2.79 bits per heavy atom. The van der Waals surface area contributed by atoms with E-state index >= 15 is 0 Å². The molecule has 1 unspecified atom stereocenters. The summed E-state index contributed by atoms with van der Waals surface area (Å²) in [5.74, 6) is 0.896. The van der Waals surface area contributed by atoms with Gasteiger partial charge in [-0.15, -0.1) is 24.0 Å². The first-order chi connectivity index (χ1) is 13.5. The van der Waals surface area contributed by atoms with Gasteiger partial charge in [-0.25, -0.2) is 4.99 Å². The van der Waals surface area contributed by atoms with Gasteiger partial charge in [0.1, 0.15) is 0 Å². The van der Waals surface area contributed by atoms with Gasteiger partial charge in [0, 0.05) is 31.7 Å². The summed E-state index contributed by atoms with van der Waals surface area (Å²) in [4.78, 5) is 6.72. The summed E-state index contributed by atoms with van der Waals surface area (Å²) in [5.41, 5.74) is 0.525. The number of para-hydroxylation sites is 1. The van der Waals surface area contributed by atoms with E-state index in [-0.39, 0.29) is 48.1 Å². The Morgan fingerprint density at radius 1 is 1.34 bits per heavy atom. The zero-order valence-electron chi connectivity index (χ0n) is 17.1. The maximum absolute atomic E-state index is 12.8. The summed E-state index contributed by atoms with van der Waals surface area (Å²) < 4.78 is 41.5. The number of hydrogen-bond donors (Lipinski definition) is 2. The Hall–Kier alpha value is -1.40. The van der Waals surface area contributed by atoms with Crippen molar-refractivity contribution in [2.45, 2.75) is 33.1 Å². The minimum atomic E-state index is -2.93. The summed E-state index contributed by atoms with van der Waals surface area (Å²) >= 11 is 0. The molecule has 0 amide bonds. The third kappa shape index (κ3) is 8.87. The minimum absolute atomic E-state index is 0. The third-order valence-electron chi connectivity index (χ3n) is 4.16. The molecule has 29 heavy (non-hydrogen) atoms. The summed E-state index contributed by atoms with van der Waals surface area (Å²) in [5, 5.41) is 6.40. The summed E-state index contributed by atoms with van der Waals surface area (Å²) in [6.07, 6.45) is 0.0709. The number of guanidine groups is 1. The van der Waals surface area contributed by atoms with E-state index in [0.717, 1.165) is 13.1 Å². The van der Waals surface area contributed by atoms with Crippen LogP contribution in [-0.2, 0) is 11.3 Å². The van der Waals surface area contributed by atoms with Crippen LogP contribution in [0, 0.1) is 0 Å². The number of halogens is 3. The molecule has 166 valence electrons. The van der Waals surface area contributed by atoms with Crippen LogP contribution in [0.4, 0.5) is 8.78 Å². The number of hydrogen-bond acceptors (Lipinski definition) is 5. The van der Waals surface area contributed by atoms with Crippen molar-refractivity contribution in [2.75, 3.05) is 46.4 Å². The number of ether oxygens (including phenoxy) is 3. The van der Waals surface area contributed by atoms with Crippen LogP contribution in [0.2, 0.25) is 0 Å². The molecule has 0 aliphatic carbocycles. The SMILES string of the molecule is CCNC(=NCc1cccc(OCC)c1OC(F)F)NCC1CN(C)CCO1.I. The van der Waals surface area contributed by atoms with Crippen molar-refractivity contribution in [3.8, 4) is 11.5 Å². The maximum Gasteiger partial charge on any atom is 0.387 e. The van der Waals surface area contributed by atoms with Crippen LogP contribution in [-0.4, -0.2) is 70.0 Å². The lowest BCUT2D eigenvalue weighted by atomic mass is 10.2. The first kappa shape index (κ1) is 25.6. The number of rotatable bonds is 9. The number of benzene rings is 1. The maximum atomic E-state index is 12.8. The van der Waals surface area contributed by atoms with Crippen LogP contribution in [0.5, 0.6) is 11.5 Å². The highest BCUT2D eigenvalue weighted by Crippen LogP contribution is 2.33. The van der Waals surface area contributed by atoms with E-state index < -0.39 is 6.61 Å². The second-order valence-electron chi connectivity index (χ2n) is 6.39. The van der Waals surface area contributed by atoms with E-state index in [1.807, 2.05) is 6.92 Å². The molecule has 0 saturated carbocycles. The summed E-state index contributed by atoms with van der Waals surface area (Å²) in [6, 6.07) is 5.04. The van der Waals surface area contributed by atoms with Gasteiger partial charge in [-0.1, -0.05) is 12.1 Å². The fourth-order valence-corrected chi connectivity index (χ4v) is 2.88. The van der Waals surface area contributed by atoms with E-state index in [1.54, 1.807) is 25.1 Å². The normalized spacial score (nSPS) is 17.6. The topological polar surface area (TPSA) is 67.4 Å². The lowest BCUT2D eigenvalue weighted by Gasteiger charge is -2.30. The molecule has 1 aliphatic rings. The number of alkyl halides is 2. The predicted octanol–water partition coefficient (Wildman–Crippen LogP) is 2.69. The molecular formula is C19H31F2IN4O3. The lowest BCUT2D eigenvalue weighted by molar-refractivity contribution is -0.0520. The van der Waals surface area contributed by atoms with Crippen LogP contribution in [0.3, 0.4) is 0 Å². The molecular weight excluding hydrogens is 497 g/mol. The molecule has 10 heteroatoms. The fourth-order valence-electron chi connectivity index (χ4n) is 2.88. The molecule has 0 bridgehead atoms. The average Bonchev–Trinajstić information content (AvgIpc) is 2.66. The molecule has 0 aromatic heterocycles. The highest BCUT2D eigenvalue weighted by molar-refractivity contribution is 14.0. The number of nitrogens with zero attached hydrogens (tertiary/aromatic N) is 2. The Labute approximate surface area is 188 Å².